The molecule has 0 saturated heterocycles. The number of hydrogen-bond donors (Lipinski definition) is 2. The fraction of sp³-hybridized carbons (Fsp3) is 0.207. The molecule has 1 aliphatic carbocycles. The number of hydrogen-bond acceptors (Lipinski definition) is 9. The molecule has 0 radical (unpaired) electrons. The summed E-state index contributed by atoms with van der Waals surface area (Å²) >= 11 is 8.35. The monoisotopic (exact) mass is 589 g/mol. The summed E-state index contributed by atoms with van der Waals surface area (Å²) in [4.78, 5) is 37.1. The van der Waals surface area contributed by atoms with Crippen LogP contribution in [0.3, 0.4) is 0 Å². The highest BCUT2D eigenvalue weighted by Gasteiger charge is 2.36. The van der Waals surface area contributed by atoms with Crippen molar-refractivity contribution in [2.24, 2.45) is 5.41 Å². The molecule has 0 bridgehead atoms. The van der Waals surface area contributed by atoms with Crippen molar-refractivity contribution in [1.29, 1.82) is 0 Å². The predicted octanol–water partition coefficient (Wildman–Crippen LogP) is 7.13. The van der Waals surface area contributed by atoms with Crippen molar-refractivity contribution >= 4 is 68.0 Å². The molecule has 0 unspecified atom stereocenters. The molecule has 1 aliphatic rings. The van der Waals surface area contributed by atoms with Gasteiger partial charge in [-0.15, -0.1) is 11.3 Å². The lowest BCUT2D eigenvalue weighted by Crippen LogP contribution is -2.28. The van der Waals surface area contributed by atoms with Crippen molar-refractivity contribution < 1.29 is 14.3 Å². The van der Waals surface area contributed by atoms with E-state index in [-0.39, 0.29) is 27.7 Å². The molecule has 40 heavy (non-hydrogen) atoms. The van der Waals surface area contributed by atoms with Gasteiger partial charge in [0.25, 0.3) is 5.91 Å². The molecular formula is C29H24ClN5O3S2. The molecule has 0 fully saturated rings. The lowest BCUT2D eigenvalue weighted by Gasteiger charge is -2.31. The Labute approximate surface area is 243 Å². The summed E-state index contributed by atoms with van der Waals surface area (Å²) in [6, 6.07) is 14.7. The molecule has 11 heteroatoms. The molecule has 0 spiro atoms. The van der Waals surface area contributed by atoms with Gasteiger partial charge in [0.15, 0.2) is 5.78 Å². The number of nitrogens with zero attached hydrogens (tertiary/aromatic N) is 3. The summed E-state index contributed by atoms with van der Waals surface area (Å²) in [6.45, 7) is 4.13. The van der Waals surface area contributed by atoms with Gasteiger partial charge < -0.3 is 10.5 Å². The van der Waals surface area contributed by atoms with E-state index in [4.69, 9.17) is 27.1 Å². The summed E-state index contributed by atoms with van der Waals surface area (Å²) in [5.74, 6) is 0.453. The van der Waals surface area contributed by atoms with Crippen molar-refractivity contribution in [2.75, 3.05) is 18.2 Å². The van der Waals surface area contributed by atoms with Gasteiger partial charge in [0, 0.05) is 33.5 Å². The number of nitrogen functional groups attached to an aromatic ring is 1. The second-order valence-corrected chi connectivity index (χ2v) is 12.6. The lowest BCUT2D eigenvalue weighted by atomic mass is 9.73. The number of ketones is 1. The number of carbonyl (C=O) groups excluding carboxylic acids is 2. The largest absolute Gasteiger partial charge is 0.497 e. The van der Waals surface area contributed by atoms with Gasteiger partial charge in [-0.25, -0.2) is 4.98 Å². The minimum absolute atomic E-state index is 0.0180. The Morgan fingerprint density at radius 2 is 1.73 bits per heavy atom. The van der Waals surface area contributed by atoms with Crippen LogP contribution in [0.2, 0.25) is 5.02 Å². The van der Waals surface area contributed by atoms with Gasteiger partial charge in [-0.3, -0.25) is 14.9 Å². The molecule has 202 valence electrons. The number of carbonyl (C=O) groups is 2. The van der Waals surface area contributed by atoms with Crippen molar-refractivity contribution in [3.63, 3.8) is 0 Å². The SMILES string of the molecule is COc1ccc(-c2c3c(nc4sc(C(=O)Nc5nsc(-c6ccc(Cl)cc6)n5)c(N)c24)CC(C)(C)CC3=O)cc1. The number of halogens is 1. The molecule has 1 amide bonds. The van der Waals surface area contributed by atoms with Gasteiger partial charge in [0.1, 0.15) is 20.5 Å². The third kappa shape index (κ3) is 4.72. The number of amides is 1. The predicted molar refractivity (Wildman–Crippen MR) is 161 cm³/mol. The minimum Gasteiger partial charge on any atom is -0.497 e. The first-order valence-electron chi connectivity index (χ1n) is 12.5. The first-order chi connectivity index (χ1) is 19.1. The minimum atomic E-state index is -0.439. The number of pyridine rings is 1. The summed E-state index contributed by atoms with van der Waals surface area (Å²) < 4.78 is 9.62. The zero-order chi connectivity index (χ0) is 28.2. The molecule has 3 N–H and O–H groups in total. The molecule has 0 atom stereocenters. The molecule has 2 aromatic carbocycles. The zero-order valence-electron chi connectivity index (χ0n) is 21.9. The quantitative estimate of drug-likeness (QED) is 0.224. The standard InChI is InChI=1S/C29H24ClN5O3S2/c1-29(2)12-18-21(19(36)13-29)20(14-6-10-17(38-3)11-7-14)22-23(31)24(39-27(22)32-18)25(37)33-28-34-26(40-35-28)15-4-8-16(30)9-5-15/h4-11H,12-13,31H2,1-3H3,(H,33,35,37). The van der Waals surface area contributed by atoms with Crippen molar-refractivity contribution in [3.8, 4) is 27.4 Å². The molecule has 5 aromatic rings. The number of fused-ring (bicyclic) bond motifs is 2. The van der Waals surface area contributed by atoms with Gasteiger partial charge in [-0.05, 0) is 53.2 Å². The van der Waals surface area contributed by atoms with Gasteiger partial charge in [-0.1, -0.05) is 49.7 Å². The summed E-state index contributed by atoms with van der Waals surface area (Å²) in [5, 5.41) is 4.64. The van der Waals surface area contributed by atoms with Crippen LogP contribution in [0.25, 0.3) is 31.9 Å². The maximum atomic E-state index is 13.5. The smallest absolute Gasteiger partial charge is 0.270 e. The van der Waals surface area contributed by atoms with E-state index in [0.29, 0.717) is 50.0 Å². The molecule has 3 aromatic heterocycles. The van der Waals surface area contributed by atoms with Gasteiger partial charge >= 0.3 is 0 Å². The Balaban J connectivity index is 1.44. The molecule has 8 nitrogen and oxygen atoms in total. The van der Waals surface area contributed by atoms with Crippen LogP contribution in [0, 0.1) is 5.41 Å². The number of ether oxygens (including phenoxy) is 1. The third-order valence-corrected chi connectivity index (χ3v) is 8.96. The van der Waals surface area contributed by atoms with Crippen LogP contribution in [-0.4, -0.2) is 33.1 Å². The first-order valence-corrected chi connectivity index (χ1v) is 14.4. The molecule has 0 saturated carbocycles. The van der Waals surface area contributed by atoms with Crippen LogP contribution in [0.15, 0.2) is 48.5 Å². The van der Waals surface area contributed by atoms with E-state index in [2.05, 4.69) is 28.5 Å². The van der Waals surface area contributed by atoms with Crippen LogP contribution < -0.4 is 15.8 Å². The number of thiophene rings is 1. The average Bonchev–Trinajstić information content (AvgIpc) is 3.51. The van der Waals surface area contributed by atoms with Crippen LogP contribution in [0.1, 0.15) is 46.0 Å². The Hall–Kier alpha value is -3.86. The molecule has 3 heterocycles. The number of methoxy groups -OCH3 is 1. The number of anilines is 2. The number of rotatable bonds is 5. The van der Waals surface area contributed by atoms with E-state index in [0.717, 1.165) is 16.8 Å². The number of benzene rings is 2. The number of Topliss-reactive ketones (excluding diaryl/α,β-unsaturated/α-hetero) is 1. The molecule has 6 rings (SSSR count). The van der Waals surface area contributed by atoms with Crippen LogP contribution in [0.5, 0.6) is 5.75 Å². The van der Waals surface area contributed by atoms with E-state index in [1.165, 1.54) is 22.9 Å². The lowest BCUT2D eigenvalue weighted by molar-refractivity contribution is 0.0911. The van der Waals surface area contributed by atoms with E-state index < -0.39 is 5.91 Å². The number of nitrogens with one attached hydrogen (secondary N) is 1. The maximum absolute atomic E-state index is 13.5. The topological polar surface area (TPSA) is 120 Å². The second-order valence-electron chi connectivity index (χ2n) is 10.4. The Morgan fingerprint density at radius 3 is 2.42 bits per heavy atom. The summed E-state index contributed by atoms with van der Waals surface area (Å²) in [6.07, 6.45) is 1.04. The molecular weight excluding hydrogens is 566 g/mol. The Morgan fingerprint density at radius 1 is 1.02 bits per heavy atom. The van der Waals surface area contributed by atoms with Crippen LogP contribution >= 0.6 is 34.5 Å². The van der Waals surface area contributed by atoms with Gasteiger partial charge in [0.2, 0.25) is 5.95 Å². The maximum Gasteiger partial charge on any atom is 0.270 e. The van der Waals surface area contributed by atoms with Gasteiger partial charge in [-0.2, -0.15) is 9.36 Å². The highest BCUT2D eigenvalue weighted by Crippen LogP contribution is 2.46. The Kier molecular flexibility index (Phi) is 6.56. The van der Waals surface area contributed by atoms with Crippen molar-refractivity contribution in [3.05, 3.63) is 69.7 Å². The van der Waals surface area contributed by atoms with E-state index in [9.17, 15) is 9.59 Å². The first kappa shape index (κ1) is 26.4. The van der Waals surface area contributed by atoms with E-state index in [1.807, 2.05) is 36.4 Å². The second kappa shape index (κ2) is 9.96. The summed E-state index contributed by atoms with van der Waals surface area (Å²) in [7, 11) is 1.60. The van der Waals surface area contributed by atoms with Gasteiger partial charge in [0.05, 0.1) is 18.5 Å². The fourth-order valence-electron chi connectivity index (χ4n) is 5.02. The number of aromatic nitrogens is 3. The van der Waals surface area contributed by atoms with Crippen LogP contribution in [0.4, 0.5) is 11.6 Å². The third-order valence-electron chi connectivity index (χ3n) is 6.84. The normalized spacial score (nSPS) is 14.2. The fourth-order valence-corrected chi connectivity index (χ4v) is 6.80. The molecule has 0 aliphatic heterocycles. The number of nitrogens with two attached hydrogens (primary N) is 1. The highest BCUT2D eigenvalue weighted by atomic mass is 35.5. The van der Waals surface area contributed by atoms with E-state index >= 15 is 0 Å². The highest BCUT2D eigenvalue weighted by molar-refractivity contribution is 7.21. The zero-order valence-corrected chi connectivity index (χ0v) is 24.3. The van der Waals surface area contributed by atoms with Crippen LogP contribution in [-0.2, 0) is 6.42 Å². The Bertz CT molecular complexity index is 1790. The van der Waals surface area contributed by atoms with E-state index in [1.54, 1.807) is 19.2 Å². The van der Waals surface area contributed by atoms with Crippen molar-refractivity contribution in [1.82, 2.24) is 14.3 Å². The average molecular weight is 590 g/mol. The van der Waals surface area contributed by atoms with Crippen molar-refractivity contribution in [2.45, 2.75) is 26.7 Å². The summed E-state index contributed by atoms with van der Waals surface area (Å²) in [5.41, 5.74) is 10.3.